The number of fused-ring (bicyclic) bond motifs is 1. The Bertz CT molecular complexity index is 1420. The summed E-state index contributed by atoms with van der Waals surface area (Å²) in [6.45, 7) is 15.7. The Morgan fingerprint density at radius 2 is 1.44 bits per heavy atom. The zero-order valence-corrected chi connectivity index (χ0v) is 28.5. The van der Waals surface area contributed by atoms with Gasteiger partial charge in [-0.05, 0) is 86.6 Å². The number of hydrogen-bond donors (Lipinski definition) is 2. The van der Waals surface area contributed by atoms with Crippen LogP contribution in [0.3, 0.4) is 0 Å². The third-order valence-electron chi connectivity index (χ3n) is 8.03. The van der Waals surface area contributed by atoms with E-state index in [9.17, 15) is 14.4 Å². The van der Waals surface area contributed by atoms with Crippen LogP contribution >= 0.6 is 0 Å². The van der Waals surface area contributed by atoms with E-state index in [-0.39, 0.29) is 17.7 Å². The lowest BCUT2D eigenvalue weighted by atomic mass is 9.92. The van der Waals surface area contributed by atoms with Crippen molar-refractivity contribution in [3.05, 3.63) is 77.4 Å². The predicted octanol–water partition coefficient (Wildman–Crippen LogP) is 8.87. The lowest BCUT2D eigenvalue weighted by Gasteiger charge is -2.36. The second kappa shape index (κ2) is 16.4. The van der Waals surface area contributed by atoms with Crippen LogP contribution in [0.1, 0.15) is 103 Å². The highest BCUT2D eigenvalue weighted by molar-refractivity contribution is 6.00. The highest BCUT2D eigenvalue weighted by Crippen LogP contribution is 2.31. The van der Waals surface area contributed by atoms with Crippen molar-refractivity contribution in [2.45, 2.75) is 112 Å². The number of carbonyl (C=O) groups is 3. The zero-order chi connectivity index (χ0) is 33.1. The molecule has 0 aliphatic heterocycles. The minimum Gasteiger partial charge on any atom is -0.444 e. The maximum atomic E-state index is 14.6. The van der Waals surface area contributed by atoms with Crippen LogP contribution in [-0.4, -0.2) is 41.0 Å². The summed E-state index contributed by atoms with van der Waals surface area (Å²) >= 11 is 0. The van der Waals surface area contributed by atoms with E-state index >= 15 is 0 Å². The first-order valence-electron chi connectivity index (χ1n) is 16.5. The molecular formula is C38H53N3O4. The molecule has 3 aromatic carbocycles. The van der Waals surface area contributed by atoms with Gasteiger partial charge < -0.3 is 20.3 Å². The Kier molecular flexibility index (Phi) is 13.0. The standard InChI is InChI=1S/C38H53N3O4/c1-9-10-11-12-13-16-24-41(36(43)33(26(2)3)40-37(44)45-38(6,7)8)34(32-27(4)18-17-19-28(32)5)35(42)39-31-23-22-29-20-14-15-21-30(29)25-31/h14-15,17-23,25-26,33-34H,9-13,16,24H2,1-8H3,(H,39,42)(H,40,44). The first kappa shape index (κ1) is 35.6. The van der Waals surface area contributed by atoms with Crippen LogP contribution in [0.15, 0.2) is 60.7 Å². The highest BCUT2D eigenvalue weighted by atomic mass is 16.6. The third-order valence-corrected chi connectivity index (χ3v) is 8.03. The molecule has 0 saturated heterocycles. The van der Waals surface area contributed by atoms with Crippen LogP contribution < -0.4 is 10.6 Å². The molecule has 0 spiro atoms. The van der Waals surface area contributed by atoms with Crippen LogP contribution in [0.5, 0.6) is 0 Å². The fourth-order valence-electron chi connectivity index (χ4n) is 5.72. The van der Waals surface area contributed by atoms with E-state index in [4.69, 9.17) is 4.74 Å². The van der Waals surface area contributed by atoms with Crippen molar-refractivity contribution in [1.82, 2.24) is 10.2 Å². The number of rotatable bonds is 14. The van der Waals surface area contributed by atoms with Crippen LogP contribution in [0.4, 0.5) is 10.5 Å². The van der Waals surface area contributed by atoms with Gasteiger partial charge in [-0.25, -0.2) is 4.79 Å². The molecule has 0 fully saturated rings. The second-order valence-electron chi connectivity index (χ2n) is 13.4. The fraction of sp³-hybridized carbons (Fsp3) is 0.500. The van der Waals surface area contributed by atoms with Gasteiger partial charge in [0.25, 0.3) is 5.91 Å². The number of alkyl carbamates (subject to hydrolysis) is 1. The van der Waals surface area contributed by atoms with Crippen molar-refractivity contribution in [2.24, 2.45) is 5.92 Å². The molecule has 0 radical (unpaired) electrons. The Hall–Kier alpha value is -3.87. The molecule has 3 rings (SSSR count). The molecular weight excluding hydrogens is 562 g/mol. The Balaban J connectivity index is 2.05. The summed E-state index contributed by atoms with van der Waals surface area (Å²) in [5, 5.41) is 8.06. The molecule has 0 aromatic heterocycles. The molecule has 3 amide bonds. The topological polar surface area (TPSA) is 87.7 Å². The van der Waals surface area contributed by atoms with Crippen LogP contribution in [0.25, 0.3) is 10.8 Å². The summed E-state index contributed by atoms with van der Waals surface area (Å²) in [6.07, 6.45) is 5.58. The smallest absolute Gasteiger partial charge is 0.408 e. The van der Waals surface area contributed by atoms with Crippen molar-refractivity contribution < 1.29 is 19.1 Å². The van der Waals surface area contributed by atoms with Crippen LogP contribution in [-0.2, 0) is 14.3 Å². The number of nitrogens with one attached hydrogen (secondary N) is 2. The number of benzene rings is 3. The molecule has 0 heterocycles. The van der Waals surface area contributed by atoms with Crippen molar-refractivity contribution >= 4 is 34.4 Å². The largest absolute Gasteiger partial charge is 0.444 e. The average molecular weight is 616 g/mol. The lowest BCUT2D eigenvalue weighted by Crippen LogP contribution is -2.54. The van der Waals surface area contributed by atoms with Gasteiger partial charge in [0.1, 0.15) is 17.7 Å². The van der Waals surface area contributed by atoms with Gasteiger partial charge in [0.05, 0.1) is 0 Å². The maximum absolute atomic E-state index is 14.6. The predicted molar refractivity (Wildman–Crippen MR) is 184 cm³/mol. The Morgan fingerprint density at radius 3 is 2.07 bits per heavy atom. The first-order chi connectivity index (χ1) is 21.3. The van der Waals surface area contributed by atoms with E-state index in [1.807, 2.05) is 88.4 Å². The molecule has 0 aliphatic rings. The number of hydrogen-bond acceptors (Lipinski definition) is 4. The maximum Gasteiger partial charge on any atom is 0.408 e. The van der Waals surface area contributed by atoms with E-state index in [1.54, 1.807) is 25.7 Å². The monoisotopic (exact) mass is 615 g/mol. The SMILES string of the molecule is CCCCCCCCN(C(=O)C(NC(=O)OC(C)(C)C)C(C)C)C(C(=O)Nc1ccc2ccccc2c1)c1c(C)cccc1C. The summed E-state index contributed by atoms with van der Waals surface area (Å²) in [5.41, 5.74) is 2.60. The van der Waals surface area contributed by atoms with E-state index in [0.29, 0.717) is 12.2 Å². The second-order valence-corrected chi connectivity index (χ2v) is 13.4. The molecule has 2 N–H and O–H groups in total. The molecule has 0 aliphatic carbocycles. The normalized spacial score (nSPS) is 12.9. The number of nitrogens with zero attached hydrogens (tertiary/aromatic N) is 1. The van der Waals surface area contributed by atoms with Crippen LogP contribution in [0, 0.1) is 19.8 Å². The average Bonchev–Trinajstić information content (AvgIpc) is 2.96. The van der Waals surface area contributed by atoms with E-state index in [2.05, 4.69) is 17.6 Å². The summed E-state index contributed by atoms with van der Waals surface area (Å²) in [5.74, 6) is -0.827. The van der Waals surface area contributed by atoms with E-state index in [1.165, 1.54) is 6.42 Å². The van der Waals surface area contributed by atoms with Gasteiger partial charge in [-0.3, -0.25) is 9.59 Å². The van der Waals surface area contributed by atoms with Crippen molar-refractivity contribution in [1.29, 1.82) is 0 Å². The molecule has 7 heteroatoms. The minimum atomic E-state index is -0.900. The van der Waals surface area contributed by atoms with Gasteiger partial charge in [0.2, 0.25) is 5.91 Å². The molecule has 244 valence electrons. The van der Waals surface area contributed by atoms with Gasteiger partial charge in [-0.15, -0.1) is 0 Å². The summed E-state index contributed by atoms with van der Waals surface area (Å²) in [4.78, 5) is 43.7. The summed E-state index contributed by atoms with van der Waals surface area (Å²) < 4.78 is 5.53. The highest BCUT2D eigenvalue weighted by Gasteiger charge is 2.38. The fourth-order valence-corrected chi connectivity index (χ4v) is 5.72. The van der Waals surface area contributed by atoms with Gasteiger partial charge >= 0.3 is 6.09 Å². The number of ether oxygens (including phenoxy) is 1. The van der Waals surface area contributed by atoms with Crippen molar-refractivity contribution in [3.63, 3.8) is 0 Å². The van der Waals surface area contributed by atoms with Gasteiger partial charge in [-0.2, -0.15) is 0 Å². The number of aryl methyl sites for hydroxylation is 2. The Labute approximate surface area is 270 Å². The molecule has 0 saturated carbocycles. The molecule has 45 heavy (non-hydrogen) atoms. The quantitative estimate of drug-likeness (QED) is 0.177. The van der Waals surface area contributed by atoms with Gasteiger partial charge in [-0.1, -0.05) is 101 Å². The number of anilines is 1. The summed E-state index contributed by atoms with van der Waals surface area (Å²) in [6, 6.07) is 18.0. The molecule has 3 aromatic rings. The Morgan fingerprint density at radius 1 is 0.822 bits per heavy atom. The van der Waals surface area contributed by atoms with Gasteiger partial charge in [0, 0.05) is 12.2 Å². The molecule has 2 atom stereocenters. The van der Waals surface area contributed by atoms with Crippen molar-refractivity contribution in [2.75, 3.05) is 11.9 Å². The van der Waals surface area contributed by atoms with Gasteiger partial charge in [0.15, 0.2) is 0 Å². The summed E-state index contributed by atoms with van der Waals surface area (Å²) in [7, 11) is 0. The molecule has 0 bridgehead atoms. The zero-order valence-electron chi connectivity index (χ0n) is 28.5. The number of amides is 3. The molecule has 2 unspecified atom stereocenters. The van der Waals surface area contributed by atoms with Crippen LogP contribution in [0.2, 0.25) is 0 Å². The van der Waals surface area contributed by atoms with E-state index < -0.39 is 23.8 Å². The number of carbonyl (C=O) groups excluding carboxylic acids is 3. The lowest BCUT2D eigenvalue weighted by molar-refractivity contribution is -0.141. The molecule has 7 nitrogen and oxygen atoms in total. The minimum absolute atomic E-state index is 0.237. The van der Waals surface area contributed by atoms with E-state index in [0.717, 1.165) is 59.6 Å². The van der Waals surface area contributed by atoms with Crippen molar-refractivity contribution in [3.8, 4) is 0 Å². The third kappa shape index (κ3) is 10.3. The number of unbranched alkanes of at least 4 members (excludes halogenated alkanes) is 5. The first-order valence-corrected chi connectivity index (χ1v) is 16.5.